The Morgan fingerprint density at radius 1 is 1.10 bits per heavy atom. The normalized spacial score (nSPS) is 16.4. The van der Waals surface area contributed by atoms with Crippen LogP contribution in [-0.2, 0) is 22.7 Å². The van der Waals surface area contributed by atoms with E-state index >= 15 is 4.39 Å². The SMILES string of the molecule is COc1cc2ncnc(Nc3ccc(F)c(Cl)c3)c2cc1OCc1ccc2c(c1F)CN(C1CCC(=O)NC1=O)C2=O. The van der Waals surface area contributed by atoms with Gasteiger partial charge in [0, 0.05) is 40.3 Å². The van der Waals surface area contributed by atoms with Crippen LogP contribution in [0.4, 0.5) is 20.3 Å². The number of hydrogen-bond acceptors (Lipinski definition) is 8. The monoisotopic (exact) mass is 593 g/mol. The number of benzene rings is 3. The first-order valence-electron chi connectivity index (χ1n) is 12.9. The van der Waals surface area contributed by atoms with Gasteiger partial charge >= 0.3 is 0 Å². The number of amides is 3. The van der Waals surface area contributed by atoms with Crippen LogP contribution in [0.5, 0.6) is 11.5 Å². The fourth-order valence-electron chi connectivity index (χ4n) is 5.07. The van der Waals surface area contributed by atoms with Crippen molar-refractivity contribution in [2.45, 2.75) is 32.0 Å². The van der Waals surface area contributed by atoms with Gasteiger partial charge < -0.3 is 19.7 Å². The van der Waals surface area contributed by atoms with Crippen LogP contribution >= 0.6 is 11.6 Å². The van der Waals surface area contributed by atoms with Gasteiger partial charge in [-0.3, -0.25) is 19.7 Å². The molecular weight excluding hydrogens is 572 g/mol. The van der Waals surface area contributed by atoms with Crippen molar-refractivity contribution in [1.29, 1.82) is 0 Å². The summed E-state index contributed by atoms with van der Waals surface area (Å²) in [7, 11) is 1.46. The average Bonchev–Trinajstić information content (AvgIpc) is 3.31. The molecule has 0 radical (unpaired) electrons. The van der Waals surface area contributed by atoms with Gasteiger partial charge in [-0.15, -0.1) is 0 Å². The molecule has 6 rings (SSSR count). The van der Waals surface area contributed by atoms with Gasteiger partial charge in [0.2, 0.25) is 11.8 Å². The van der Waals surface area contributed by atoms with Crippen LogP contribution in [0.1, 0.15) is 34.3 Å². The highest BCUT2D eigenvalue weighted by molar-refractivity contribution is 6.31. The molecule has 13 heteroatoms. The number of carbonyl (C=O) groups excluding carboxylic acids is 3. The summed E-state index contributed by atoms with van der Waals surface area (Å²) >= 11 is 5.91. The zero-order valence-electron chi connectivity index (χ0n) is 22.0. The minimum atomic E-state index is -0.848. The standard InChI is InChI=1S/C29H22ClF2N5O5/c1-41-23-10-21-17(27(34-13-33-21)35-15-3-5-20(31)19(30)8-15)9-24(23)42-12-14-2-4-16-18(26(14)32)11-37(29(16)40)22-6-7-25(38)36-28(22)39/h2-5,8-10,13,22H,6-7,11-12H2,1H3,(H,33,34,35)(H,36,38,39). The molecule has 42 heavy (non-hydrogen) atoms. The van der Waals surface area contributed by atoms with Gasteiger partial charge in [0.15, 0.2) is 11.5 Å². The van der Waals surface area contributed by atoms with Crippen molar-refractivity contribution in [1.82, 2.24) is 20.2 Å². The van der Waals surface area contributed by atoms with Crippen molar-refractivity contribution >= 4 is 51.7 Å². The summed E-state index contributed by atoms with van der Waals surface area (Å²) in [5.41, 5.74) is 1.55. The first kappa shape index (κ1) is 27.3. The smallest absolute Gasteiger partial charge is 0.255 e. The molecule has 1 unspecified atom stereocenters. The Labute approximate surface area is 242 Å². The van der Waals surface area contributed by atoms with Crippen LogP contribution in [-0.4, -0.2) is 45.7 Å². The number of nitrogens with one attached hydrogen (secondary N) is 2. The molecule has 2 N–H and O–H groups in total. The Hall–Kier alpha value is -4.84. The summed E-state index contributed by atoms with van der Waals surface area (Å²) in [6.07, 6.45) is 1.64. The number of carbonyl (C=O) groups is 3. The second-order valence-corrected chi connectivity index (χ2v) is 10.2. The molecule has 2 aliphatic heterocycles. The topological polar surface area (TPSA) is 123 Å². The Bertz CT molecular complexity index is 1790. The lowest BCUT2D eigenvalue weighted by Gasteiger charge is -2.29. The Balaban J connectivity index is 1.25. The van der Waals surface area contributed by atoms with E-state index in [1.54, 1.807) is 12.1 Å². The molecule has 2 aliphatic rings. The average molecular weight is 594 g/mol. The van der Waals surface area contributed by atoms with Gasteiger partial charge in [-0.1, -0.05) is 17.7 Å². The lowest BCUT2D eigenvalue weighted by atomic mass is 10.0. The van der Waals surface area contributed by atoms with Crippen molar-refractivity contribution < 1.29 is 32.6 Å². The number of aromatic nitrogens is 2. The maximum absolute atomic E-state index is 15.6. The van der Waals surface area contributed by atoms with Crippen LogP contribution in [0.3, 0.4) is 0 Å². The summed E-state index contributed by atoms with van der Waals surface area (Å²) in [5.74, 6) is -1.59. The predicted molar refractivity (Wildman–Crippen MR) is 148 cm³/mol. The number of piperidine rings is 1. The summed E-state index contributed by atoms with van der Waals surface area (Å²) < 4.78 is 40.7. The molecule has 3 amide bonds. The highest BCUT2D eigenvalue weighted by Crippen LogP contribution is 2.36. The highest BCUT2D eigenvalue weighted by Gasteiger charge is 2.40. The lowest BCUT2D eigenvalue weighted by Crippen LogP contribution is -2.52. The van der Waals surface area contributed by atoms with Crippen LogP contribution in [0.25, 0.3) is 10.9 Å². The number of nitrogens with zero attached hydrogens (tertiary/aromatic N) is 3. The summed E-state index contributed by atoms with van der Waals surface area (Å²) in [5, 5.41) is 5.82. The second kappa shape index (κ2) is 10.9. The quantitative estimate of drug-likeness (QED) is 0.297. The fourth-order valence-corrected chi connectivity index (χ4v) is 5.25. The number of rotatable bonds is 7. The van der Waals surface area contributed by atoms with E-state index in [0.717, 1.165) is 0 Å². The van der Waals surface area contributed by atoms with Gasteiger partial charge in [0.05, 0.1) is 24.2 Å². The van der Waals surface area contributed by atoms with Crippen molar-refractivity contribution in [3.63, 3.8) is 0 Å². The number of anilines is 2. The Morgan fingerprint density at radius 3 is 2.69 bits per heavy atom. The van der Waals surface area contributed by atoms with Gasteiger partial charge in [0.25, 0.3) is 5.91 Å². The van der Waals surface area contributed by atoms with Crippen LogP contribution in [0.2, 0.25) is 5.02 Å². The molecule has 1 saturated heterocycles. The van der Waals surface area contributed by atoms with Crippen LogP contribution < -0.4 is 20.1 Å². The molecule has 0 bridgehead atoms. The molecule has 3 heterocycles. The van der Waals surface area contributed by atoms with Gasteiger partial charge in [0.1, 0.15) is 36.4 Å². The maximum atomic E-state index is 15.6. The van der Waals surface area contributed by atoms with E-state index in [-0.39, 0.29) is 53.5 Å². The minimum absolute atomic E-state index is 0.0534. The summed E-state index contributed by atoms with van der Waals surface area (Å²) in [4.78, 5) is 46.7. The molecule has 214 valence electrons. The molecule has 0 saturated carbocycles. The molecule has 1 fully saturated rings. The number of methoxy groups -OCH3 is 1. The maximum Gasteiger partial charge on any atom is 0.255 e. The third-order valence-corrected chi connectivity index (χ3v) is 7.51. The van der Waals surface area contributed by atoms with Crippen molar-refractivity contribution in [3.8, 4) is 11.5 Å². The van der Waals surface area contributed by atoms with Gasteiger partial charge in [-0.25, -0.2) is 18.7 Å². The Kier molecular flexibility index (Phi) is 7.07. The highest BCUT2D eigenvalue weighted by atomic mass is 35.5. The number of ether oxygens (including phenoxy) is 2. The van der Waals surface area contributed by atoms with Crippen LogP contribution in [0.15, 0.2) is 48.8 Å². The van der Waals surface area contributed by atoms with Crippen molar-refractivity contribution in [2.24, 2.45) is 0 Å². The van der Waals surface area contributed by atoms with Crippen molar-refractivity contribution in [3.05, 3.63) is 82.1 Å². The van der Waals surface area contributed by atoms with E-state index in [1.165, 1.54) is 48.7 Å². The molecule has 1 aromatic heterocycles. The molecule has 1 atom stereocenters. The number of fused-ring (bicyclic) bond motifs is 2. The molecule has 10 nitrogen and oxygen atoms in total. The third-order valence-electron chi connectivity index (χ3n) is 7.22. The van der Waals surface area contributed by atoms with E-state index in [0.29, 0.717) is 28.2 Å². The van der Waals surface area contributed by atoms with E-state index < -0.39 is 35.4 Å². The zero-order valence-corrected chi connectivity index (χ0v) is 22.8. The van der Waals surface area contributed by atoms with E-state index in [1.807, 2.05) is 0 Å². The molecule has 4 aromatic rings. The number of halogens is 3. The van der Waals surface area contributed by atoms with Crippen molar-refractivity contribution in [2.75, 3.05) is 12.4 Å². The zero-order chi connectivity index (χ0) is 29.5. The first-order chi connectivity index (χ1) is 20.2. The van der Waals surface area contributed by atoms with E-state index in [9.17, 15) is 18.8 Å². The second-order valence-electron chi connectivity index (χ2n) is 9.75. The Morgan fingerprint density at radius 2 is 1.93 bits per heavy atom. The fraction of sp³-hybridized carbons (Fsp3) is 0.207. The molecular formula is C29H22ClF2N5O5. The molecule has 0 spiro atoms. The van der Waals surface area contributed by atoms with Crippen LogP contribution in [0, 0.1) is 11.6 Å². The first-order valence-corrected chi connectivity index (χ1v) is 13.2. The number of imide groups is 1. The molecule has 3 aromatic carbocycles. The minimum Gasteiger partial charge on any atom is -0.493 e. The van der Waals surface area contributed by atoms with Gasteiger partial charge in [-0.05, 0) is 36.8 Å². The van der Waals surface area contributed by atoms with Gasteiger partial charge in [-0.2, -0.15) is 0 Å². The summed E-state index contributed by atoms with van der Waals surface area (Å²) in [6.45, 7) is -0.295. The third kappa shape index (κ3) is 4.94. The van der Waals surface area contributed by atoms with E-state index in [2.05, 4.69) is 20.6 Å². The lowest BCUT2D eigenvalue weighted by molar-refractivity contribution is -0.136. The largest absolute Gasteiger partial charge is 0.493 e. The summed E-state index contributed by atoms with van der Waals surface area (Å²) in [6, 6.07) is 9.57. The molecule has 0 aliphatic carbocycles. The van der Waals surface area contributed by atoms with E-state index in [4.69, 9.17) is 21.1 Å². The predicted octanol–water partition coefficient (Wildman–Crippen LogP) is 4.65. The number of hydrogen-bond donors (Lipinski definition) is 2.